The molecule has 0 aromatic carbocycles. The predicted octanol–water partition coefficient (Wildman–Crippen LogP) is 2.92. The van der Waals surface area contributed by atoms with E-state index >= 15 is 0 Å². The van der Waals surface area contributed by atoms with Crippen molar-refractivity contribution in [3.05, 3.63) is 11.8 Å². The monoisotopic (exact) mass is 241 g/mol. The van der Waals surface area contributed by atoms with Crippen molar-refractivity contribution in [1.29, 1.82) is 0 Å². The fraction of sp³-hybridized carbons (Fsp3) is 0.750. The Morgan fingerprint density at radius 3 is 2.56 bits per heavy atom. The van der Waals surface area contributed by atoms with Crippen molar-refractivity contribution in [2.24, 2.45) is 13.0 Å². The summed E-state index contributed by atoms with van der Waals surface area (Å²) in [6.45, 7) is 8.79. The van der Waals surface area contributed by atoms with Crippen molar-refractivity contribution in [2.75, 3.05) is 16.8 Å². The zero-order valence-corrected chi connectivity index (χ0v) is 11.8. The predicted molar refractivity (Wildman–Crippen MR) is 73.2 cm³/mol. The summed E-state index contributed by atoms with van der Waals surface area (Å²) in [4.78, 5) is 0. The Bertz CT molecular complexity index is 301. The molecule has 1 aromatic heterocycles. The Morgan fingerprint density at radius 2 is 2.06 bits per heavy atom. The molecule has 3 nitrogen and oxygen atoms in total. The van der Waals surface area contributed by atoms with Crippen LogP contribution in [0.2, 0.25) is 0 Å². The summed E-state index contributed by atoms with van der Waals surface area (Å²) in [5, 5.41) is 7.81. The summed E-state index contributed by atoms with van der Waals surface area (Å²) in [5.41, 5.74) is 1.18. The lowest BCUT2D eigenvalue weighted by Gasteiger charge is -2.13. The first-order valence-corrected chi connectivity index (χ1v) is 6.99. The van der Waals surface area contributed by atoms with Gasteiger partial charge in [-0.05, 0) is 25.5 Å². The number of anilines is 1. The highest BCUT2D eigenvalue weighted by molar-refractivity contribution is 7.99. The second-order valence-corrected chi connectivity index (χ2v) is 5.85. The fourth-order valence-corrected chi connectivity index (χ4v) is 2.45. The summed E-state index contributed by atoms with van der Waals surface area (Å²) in [5.74, 6) is 4.12. The molecule has 0 amide bonds. The minimum Gasteiger partial charge on any atom is -0.365 e. The highest BCUT2D eigenvalue weighted by Gasteiger charge is 2.06. The summed E-state index contributed by atoms with van der Waals surface area (Å²) in [6, 6.07) is 2.56. The molecule has 0 radical (unpaired) electrons. The van der Waals surface area contributed by atoms with Gasteiger partial charge in [0.05, 0.1) is 0 Å². The fourth-order valence-electron chi connectivity index (χ4n) is 1.41. The second kappa shape index (κ2) is 6.18. The molecule has 92 valence electrons. The minimum absolute atomic E-state index is 0.470. The summed E-state index contributed by atoms with van der Waals surface area (Å²) in [7, 11) is 1.97. The molecule has 1 N–H and O–H groups in total. The van der Waals surface area contributed by atoms with Gasteiger partial charge >= 0.3 is 0 Å². The third-order valence-electron chi connectivity index (χ3n) is 2.33. The van der Waals surface area contributed by atoms with E-state index in [1.807, 2.05) is 23.5 Å². The quantitative estimate of drug-likeness (QED) is 0.830. The van der Waals surface area contributed by atoms with Gasteiger partial charge in [0.2, 0.25) is 0 Å². The van der Waals surface area contributed by atoms with Gasteiger partial charge in [-0.15, -0.1) is 0 Å². The van der Waals surface area contributed by atoms with Gasteiger partial charge < -0.3 is 5.32 Å². The van der Waals surface area contributed by atoms with Crippen molar-refractivity contribution in [2.45, 2.75) is 33.7 Å². The lowest BCUT2D eigenvalue weighted by molar-refractivity contribution is 0.736. The van der Waals surface area contributed by atoms with Gasteiger partial charge in [0.15, 0.2) is 0 Å². The van der Waals surface area contributed by atoms with Gasteiger partial charge in [-0.2, -0.15) is 16.9 Å². The molecule has 0 aliphatic rings. The largest absolute Gasteiger partial charge is 0.365 e. The van der Waals surface area contributed by atoms with Crippen molar-refractivity contribution < 1.29 is 0 Å². The number of aryl methyl sites for hydroxylation is 2. The van der Waals surface area contributed by atoms with Crippen LogP contribution in [-0.2, 0) is 7.05 Å². The molecule has 1 unspecified atom stereocenters. The molecule has 1 rings (SSSR count). The van der Waals surface area contributed by atoms with Crippen LogP contribution in [0.5, 0.6) is 0 Å². The van der Waals surface area contributed by atoms with Crippen LogP contribution in [0.1, 0.15) is 26.5 Å². The molecule has 1 atom stereocenters. The van der Waals surface area contributed by atoms with Crippen molar-refractivity contribution >= 4 is 17.6 Å². The maximum Gasteiger partial charge on any atom is 0.148 e. The smallest absolute Gasteiger partial charge is 0.148 e. The van der Waals surface area contributed by atoms with Crippen LogP contribution in [0.3, 0.4) is 0 Å². The molecule has 0 spiro atoms. The van der Waals surface area contributed by atoms with E-state index in [0.717, 1.165) is 17.5 Å². The average molecular weight is 241 g/mol. The molecule has 16 heavy (non-hydrogen) atoms. The number of thioether (sulfide) groups is 1. The highest BCUT2D eigenvalue weighted by Crippen LogP contribution is 2.13. The van der Waals surface area contributed by atoms with Crippen LogP contribution in [0.4, 0.5) is 5.82 Å². The van der Waals surface area contributed by atoms with E-state index in [0.29, 0.717) is 6.04 Å². The first-order chi connectivity index (χ1) is 7.49. The summed E-state index contributed by atoms with van der Waals surface area (Å²) in [6.07, 6.45) is 0. The van der Waals surface area contributed by atoms with Crippen molar-refractivity contribution in [3.63, 3.8) is 0 Å². The van der Waals surface area contributed by atoms with E-state index in [2.05, 4.69) is 44.2 Å². The van der Waals surface area contributed by atoms with Crippen LogP contribution < -0.4 is 5.32 Å². The van der Waals surface area contributed by atoms with Crippen LogP contribution in [0.25, 0.3) is 0 Å². The number of nitrogens with one attached hydrogen (secondary N) is 1. The number of hydrogen-bond donors (Lipinski definition) is 1. The molecule has 1 aromatic rings. The topological polar surface area (TPSA) is 29.9 Å². The van der Waals surface area contributed by atoms with E-state index in [1.165, 1.54) is 11.4 Å². The van der Waals surface area contributed by atoms with E-state index in [4.69, 9.17) is 0 Å². The van der Waals surface area contributed by atoms with E-state index in [-0.39, 0.29) is 0 Å². The number of hydrogen-bond acceptors (Lipinski definition) is 3. The SMILES string of the molecule is Cc1cc(NC(C)CSCC(C)C)nn1C. The molecule has 0 bridgehead atoms. The lowest BCUT2D eigenvalue weighted by Crippen LogP contribution is -2.19. The first-order valence-electron chi connectivity index (χ1n) is 5.84. The van der Waals surface area contributed by atoms with Crippen LogP contribution in [-0.4, -0.2) is 27.3 Å². The van der Waals surface area contributed by atoms with Gasteiger partial charge in [-0.25, -0.2) is 0 Å². The molecule has 1 heterocycles. The Hall–Kier alpha value is -0.640. The number of rotatable bonds is 6. The molecular weight excluding hydrogens is 218 g/mol. The standard InChI is InChI=1S/C12H23N3S/c1-9(2)7-16-8-10(3)13-12-6-11(4)15(5)14-12/h6,9-10H,7-8H2,1-5H3,(H,13,14). The average Bonchev–Trinajstić information content (AvgIpc) is 2.44. The van der Waals surface area contributed by atoms with E-state index < -0.39 is 0 Å². The van der Waals surface area contributed by atoms with Gasteiger partial charge in [-0.1, -0.05) is 13.8 Å². The first kappa shape index (κ1) is 13.4. The van der Waals surface area contributed by atoms with Gasteiger partial charge in [0.1, 0.15) is 5.82 Å². The van der Waals surface area contributed by atoms with Gasteiger partial charge in [0, 0.05) is 30.6 Å². The Kier molecular flexibility index (Phi) is 5.19. The van der Waals surface area contributed by atoms with Crippen LogP contribution >= 0.6 is 11.8 Å². The number of nitrogens with zero attached hydrogens (tertiary/aromatic N) is 2. The molecule has 0 aliphatic carbocycles. The zero-order chi connectivity index (χ0) is 12.1. The second-order valence-electron chi connectivity index (χ2n) is 4.77. The van der Waals surface area contributed by atoms with Crippen molar-refractivity contribution in [1.82, 2.24) is 9.78 Å². The van der Waals surface area contributed by atoms with Crippen LogP contribution in [0.15, 0.2) is 6.07 Å². The third-order valence-corrected chi connectivity index (χ3v) is 3.97. The maximum atomic E-state index is 4.39. The molecule has 0 saturated carbocycles. The third kappa shape index (κ3) is 4.47. The lowest BCUT2D eigenvalue weighted by atomic mass is 10.3. The normalized spacial score (nSPS) is 13.1. The molecule has 0 fully saturated rings. The molecular formula is C12H23N3S. The van der Waals surface area contributed by atoms with Crippen molar-refractivity contribution in [3.8, 4) is 0 Å². The van der Waals surface area contributed by atoms with Crippen LogP contribution in [0, 0.1) is 12.8 Å². The minimum atomic E-state index is 0.470. The number of aromatic nitrogens is 2. The Morgan fingerprint density at radius 1 is 1.38 bits per heavy atom. The Balaban J connectivity index is 2.31. The zero-order valence-electron chi connectivity index (χ0n) is 10.9. The maximum absolute atomic E-state index is 4.39. The molecule has 4 heteroatoms. The molecule has 0 aliphatic heterocycles. The van der Waals surface area contributed by atoms with E-state index in [1.54, 1.807) is 0 Å². The van der Waals surface area contributed by atoms with Gasteiger partial charge in [-0.3, -0.25) is 4.68 Å². The van der Waals surface area contributed by atoms with E-state index in [9.17, 15) is 0 Å². The summed E-state index contributed by atoms with van der Waals surface area (Å²) < 4.78 is 1.90. The summed E-state index contributed by atoms with van der Waals surface area (Å²) >= 11 is 2.00. The molecule has 0 saturated heterocycles. The Labute approximate surface area is 103 Å². The van der Waals surface area contributed by atoms with Gasteiger partial charge in [0.25, 0.3) is 0 Å². The highest BCUT2D eigenvalue weighted by atomic mass is 32.2.